The SMILES string of the molecule is NC(N)=NCCC[C@H](NC(=O)[C@H](CCCN=C(N)N)NC(=O)[C@H](Cc1c[nH]c2ccccc12)NC(=O)[C@@H]1CCCN1)C(=O)O. The number of amides is 3. The number of aliphatic carboxylic acids is 1. The lowest BCUT2D eigenvalue weighted by Crippen LogP contribution is -2.57. The highest BCUT2D eigenvalue weighted by atomic mass is 16.4. The van der Waals surface area contributed by atoms with E-state index < -0.39 is 42.0 Å². The number of carboxylic acid groups (broad SMARTS) is 1. The summed E-state index contributed by atoms with van der Waals surface area (Å²) in [7, 11) is 0. The molecule has 1 fully saturated rings. The van der Waals surface area contributed by atoms with Gasteiger partial charge in [0.1, 0.15) is 18.1 Å². The standard InChI is InChI=1S/C28H43N11O5/c29-27(30)34-12-4-9-20(24(41)38-21(26(43)44)10-5-13-35-28(31)32)37-25(42)22(39-23(40)19-8-3-11-33-19)14-16-15-36-18-7-2-1-6-17(16)18/h1-2,6-7,15,19-22,33,36H,3-5,8-14H2,(H,37,42)(H,38,41)(H,39,40)(H,43,44)(H4,29,30,34)(H4,31,32,35)/t19-,20-,21-,22-/m0/s1. The highest BCUT2D eigenvalue weighted by Crippen LogP contribution is 2.19. The predicted octanol–water partition coefficient (Wildman–Crippen LogP) is -1.89. The first-order valence-electron chi connectivity index (χ1n) is 14.6. The minimum absolute atomic E-state index is 0.0557. The van der Waals surface area contributed by atoms with Crippen LogP contribution in [0.2, 0.25) is 0 Å². The smallest absolute Gasteiger partial charge is 0.326 e. The van der Waals surface area contributed by atoms with E-state index in [1.807, 2.05) is 24.3 Å². The highest BCUT2D eigenvalue weighted by Gasteiger charge is 2.32. The maximum Gasteiger partial charge on any atom is 0.326 e. The second-order valence-corrected chi connectivity index (χ2v) is 10.6. The molecule has 16 heteroatoms. The molecule has 1 saturated heterocycles. The van der Waals surface area contributed by atoms with Crippen molar-refractivity contribution in [1.82, 2.24) is 26.3 Å². The van der Waals surface area contributed by atoms with Gasteiger partial charge in [-0.3, -0.25) is 24.4 Å². The van der Waals surface area contributed by atoms with Gasteiger partial charge in [0.15, 0.2) is 11.9 Å². The van der Waals surface area contributed by atoms with Crippen LogP contribution >= 0.6 is 0 Å². The van der Waals surface area contributed by atoms with Crippen molar-refractivity contribution < 1.29 is 24.3 Å². The number of hydrogen-bond acceptors (Lipinski definition) is 7. The van der Waals surface area contributed by atoms with E-state index in [-0.39, 0.29) is 50.2 Å². The molecule has 1 aromatic carbocycles. The summed E-state index contributed by atoms with van der Waals surface area (Å²) < 4.78 is 0. The molecule has 1 aromatic heterocycles. The van der Waals surface area contributed by atoms with Crippen molar-refractivity contribution >= 4 is 46.5 Å². The van der Waals surface area contributed by atoms with E-state index in [0.29, 0.717) is 25.8 Å². The first-order chi connectivity index (χ1) is 21.0. The van der Waals surface area contributed by atoms with Crippen molar-refractivity contribution in [3.8, 4) is 0 Å². The van der Waals surface area contributed by atoms with Crippen LogP contribution in [0.5, 0.6) is 0 Å². The quantitative estimate of drug-likeness (QED) is 0.0537. The van der Waals surface area contributed by atoms with Crippen molar-refractivity contribution in [2.75, 3.05) is 19.6 Å². The molecule has 240 valence electrons. The van der Waals surface area contributed by atoms with Crippen molar-refractivity contribution in [1.29, 1.82) is 0 Å². The number of rotatable bonds is 17. The summed E-state index contributed by atoms with van der Waals surface area (Å²) in [6, 6.07) is 3.75. The Kier molecular flexibility index (Phi) is 12.8. The number of aromatic amines is 1. The number of H-pyrrole nitrogens is 1. The Balaban J connectivity index is 1.79. The van der Waals surface area contributed by atoms with E-state index in [2.05, 4.69) is 36.2 Å². The molecule has 0 unspecified atom stereocenters. The zero-order chi connectivity index (χ0) is 32.1. The number of carbonyl (C=O) groups is 4. The number of guanidine groups is 2. The number of fused-ring (bicyclic) bond motifs is 1. The Bertz CT molecular complexity index is 1340. The molecule has 0 spiro atoms. The predicted molar refractivity (Wildman–Crippen MR) is 166 cm³/mol. The van der Waals surface area contributed by atoms with Gasteiger partial charge in [0.25, 0.3) is 0 Å². The molecule has 1 aliphatic rings. The molecule has 4 atom stereocenters. The Hall–Kier alpha value is -4.86. The molecule has 0 aliphatic carbocycles. The third-order valence-electron chi connectivity index (χ3n) is 7.25. The van der Waals surface area contributed by atoms with Gasteiger partial charge in [-0.15, -0.1) is 0 Å². The molecule has 0 radical (unpaired) electrons. The van der Waals surface area contributed by atoms with Crippen LogP contribution in [0.3, 0.4) is 0 Å². The molecule has 3 rings (SSSR count). The monoisotopic (exact) mass is 613 g/mol. The van der Waals surface area contributed by atoms with Gasteiger partial charge in [-0.2, -0.15) is 0 Å². The number of hydrogen-bond donors (Lipinski definition) is 10. The van der Waals surface area contributed by atoms with Crippen LogP contribution in [0.4, 0.5) is 0 Å². The van der Waals surface area contributed by atoms with E-state index in [9.17, 15) is 24.3 Å². The summed E-state index contributed by atoms with van der Waals surface area (Å²) in [5.41, 5.74) is 23.1. The fourth-order valence-corrected chi connectivity index (χ4v) is 4.99. The molecule has 14 N–H and O–H groups in total. The minimum Gasteiger partial charge on any atom is -0.480 e. The molecule has 16 nitrogen and oxygen atoms in total. The normalized spacial score (nSPS) is 16.3. The molecule has 3 amide bonds. The van der Waals surface area contributed by atoms with Crippen molar-refractivity contribution in [2.45, 2.75) is 69.1 Å². The molecule has 1 aliphatic heterocycles. The largest absolute Gasteiger partial charge is 0.480 e. The molecular weight excluding hydrogens is 570 g/mol. The maximum atomic E-state index is 13.7. The van der Waals surface area contributed by atoms with Crippen molar-refractivity contribution in [3.05, 3.63) is 36.0 Å². The van der Waals surface area contributed by atoms with Crippen LogP contribution in [0.25, 0.3) is 10.9 Å². The molecule has 0 bridgehead atoms. The minimum atomic E-state index is -1.25. The lowest BCUT2D eigenvalue weighted by atomic mass is 10.0. The van der Waals surface area contributed by atoms with E-state index in [1.165, 1.54) is 0 Å². The summed E-state index contributed by atoms with van der Waals surface area (Å²) in [5, 5.41) is 21.8. The second kappa shape index (κ2) is 16.7. The third kappa shape index (κ3) is 10.4. The summed E-state index contributed by atoms with van der Waals surface area (Å²) in [6.07, 6.45) is 4.18. The number of carboxylic acids is 1. The third-order valence-corrected chi connectivity index (χ3v) is 7.25. The zero-order valence-electron chi connectivity index (χ0n) is 24.6. The van der Waals surface area contributed by atoms with Gasteiger partial charge in [0.2, 0.25) is 17.7 Å². The van der Waals surface area contributed by atoms with Gasteiger partial charge < -0.3 is 54.3 Å². The maximum absolute atomic E-state index is 13.7. The molecule has 44 heavy (non-hydrogen) atoms. The summed E-state index contributed by atoms with van der Waals surface area (Å²) in [4.78, 5) is 63.0. The molecule has 0 saturated carbocycles. The first-order valence-corrected chi connectivity index (χ1v) is 14.6. The van der Waals surface area contributed by atoms with E-state index in [0.717, 1.165) is 22.9 Å². The van der Waals surface area contributed by atoms with Gasteiger partial charge in [-0.25, -0.2) is 4.79 Å². The van der Waals surface area contributed by atoms with Crippen LogP contribution in [0.1, 0.15) is 44.1 Å². The Labute approximate surface area is 254 Å². The zero-order valence-corrected chi connectivity index (χ0v) is 24.6. The number of aromatic nitrogens is 1. The van der Waals surface area contributed by atoms with Crippen molar-refractivity contribution in [3.63, 3.8) is 0 Å². The van der Waals surface area contributed by atoms with Gasteiger partial charge in [-0.1, -0.05) is 18.2 Å². The lowest BCUT2D eigenvalue weighted by Gasteiger charge is -2.25. The Morgan fingerprint density at radius 3 is 2.11 bits per heavy atom. The number of carbonyl (C=O) groups excluding carboxylic acids is 3. The average molecular weight is 614 g/mol. The molecule has 2 aromatic rings. The Morgan fingerprint density at radius 1 is 0.886 bits per heavy atom. The van der Waals surface area contributed by atoms with Crippen LogP contribution in [-0.4, -0.2) is 89.5 Å². The van der Waals surface area contributed by atoms with Crippen LogP contribution in [0.15, 0.2) is 40.4 Å². The lowest BCUT2D eigenvalue weighted by molar-refractivity contribution is -0.142. The van der Waals surface area contributed by atoms with Crippen LogP contribution in [-0.2, 0) is 25.6 Å². The van der Waals surface area contributed by atoms with Gasteiger partial charge in [-0.05, 0) is 56.7 Å². The van der Waals surface area contributed by atoms with Gasteiger partial charge in [0, 0.05) is 36.6 Å². The average Bonchev–Trinajstić information content (AvgIpc) is 3.66. The Morgan fingerprint density at radius 2 is 1.50 bits per heavy atom. The van der Waals surface area contributed by atoms with Gasteiger partial charge >= 0.3 is 5.97 Å². The summed E-state index contributed by atoms with van der Waals surface area (Å²) in [6.45, 7) is 1.07. The van der Waals surface area contributed by atoms with E-state index >= 15 is 0 Å². The second-order valence-electron chi connectivity index (χ2n) is 10.6. The number of nitrogens with zero attached hydrogens (tertiary/aromatic N) is 2. The summed E-state index contributed by atoms with van der Waals surface area (Å²) in [5.74, 6) is -3.11. The molecular formula is C28H43N11O5. The summed E-state index contributed by atoms with van der Waals surface area (Å²) >= 11 is 0. The van der Waals surface area contributed by atoms with Crippen molar-refractivity contribution in [2.24, 2.45) is 32.9 Å². The van der Waals surface area contributed by atoms with E-state index in [4.69, 9.17) is 22.9 Å². The number of nitrogens with one attached hydrogen (secondary N) is 5. The number of aliphatic imine (C=N–C) groups is 2. The molecule has 2 heterocycles. The highest BCUT2D eigenvalue weighted by molar-refractivity contribution is 5.95. The number of benzene rings is 1. The topological polar surface area (TPSA) is 281 Å². The fourth-order valence-electron chi connectivity index (χ4n) is 4.99. The van der Waals surface area contributed by atoms with E-state index in [1.54, 1.807) is 6.20 Å². The first kappa shape index (κ1) is 33.6. The fraction of sp³-hybridized carbons (Fsp3) is 0.500. The van der Waals surface area contributed by atoms with Gasteiger partial charge in [0.05, 0.1) is 6.04 Å². The van der Waals surface area contributed by atoms with Crippen LogP contribution < -0.4 is 44.2 Å². The van der Waals surface area contributed by atoms with Crippen LogP contribution in [0, 0.1) is 0 Å². The number of nitrogens with two attached hydrogens (primary N) is 4. The number of para-hydroxylation sites is 1.